The van der Waals surface area contributed by atoms with E-state index in [1.165, 1.54) is 23.1 Å². The summed E-state index contributed by atoms with van der Waals surface area (Å²) in [6.45, 7) is 4.22. The smallest absolute Gasteiger partial charge is 0.312 e. The second-order valence-corrected chi connectivity index (χ2v) is 10.5. The number of unbranched alkanes of at least 4 members (excludes halogenated alkanes) is 2. The number of amides is 6. The van der Waals surface area contributed by atoms with Gasteiger partial charge in [-0.25, -0.2) is 4.79 Å². The van der Waals surface area contributed by atoms with Gasteiger partial charge in [-0.2, -0.15) is 0 Å². The lowest BCUT2D eigenvalue weighted by molar-refractivity contribution is -0.131. The van der Waals surface area contributed by atoms with Gasteiger partial charge >= 0.3 is 6.03 Å². The molecule has 12 nitrogen and oxygen atoms in total. The lowest BCUT2D eigenvalue weighted by Crippen LogP contribution is -2.54. The quantitative estimate of drug-likeness (QED) is 0.0896. The van der Waals surface area contributed by atoms with E-state index >= 15 is 0 Å². The maximum Gasteiger partial charge on any atom is 0.312 e. The molecule has 1 aliphatic rings. The fraction of sp³-hybridized carbons (Fsp3) is 0.483. The first-order chi connectivity index (χ1) is 20.0. The first-order valence-corrected chi connectivity index (χ1v) is 14.5. The van der Waals surface area contributed by atoms with Crippen LogP contribution in [0.15, 0.2) is 48.6 Å². The molecule has 0 fully saturated rings. The van der Waals surface area contributed by atoms with E-state index in [4.69, 9.17) is 17.3 Å². The zero-order valence-corrected chi connectivity index (χ0v) is 24.7. The van der Waals surface area contributed by atoms with Crippen LogP contribution >= 0.6 is 11.6 Å². The van der Waals surface area contributed by atoms with Gasteiger partial charge in [-0.05, 0) is 49.0 Å². The van der Waals surface area contributed by atoms with Crippen molar-refractivity contribution in [3.05, 3.63) is 54.1 Å². The second kappa shape index (κ2) is 17.8. The van der Waals surface area contributed by atoms with Gasteiger partial charge in [-0.1, -0.05) is 44.6 Å². The topological polar surface area (TPSA) is 183 Å². The Kier molecular flexibility index (Phi) is 14.5. The molecule has 3 atom stereocenters. The maximum atomic E-state index is 13.2. The number of anilines is 1. The highest BCUT2D eigenvalue weighted by molar-refractivity contribution is 6.17. The van der Waals surface area contributed by atoms with Crippen molar-refractivity contribution in [2.45, 2.75) is 70.1 Å². The van der Waals surface area contributed by atoms with Crippen LogP contribution in [0.4, 0.5) is 10.5 Å². The molecule has 230 valence electrons. The van der Waals surface area contributed by atoms with Crippen LogP contribution in [0.3, 0.4) is 0 Å². The van der Waals surface area contributed by atoms with Crippen LogP contribution in [0.5, 0.6) is 0 Å². The Morgan fingerprint density at radius 3 is 2.38 bits per heavy atom. The van der Waals surface area contributed by atoms with Crippen LogP contribution in [-0.2, 0) is 25.1 Å². The average Bonchev–Trinajstić information content (AvgIpc) is 3.27. The highest BCUT2D eigenvalue weighted by Crippen LogP contribution is 2.13. The van der Waals surface area contributed by atoms with Gasteiger partial charge in [0.1, 0.15) is 18.3 Å². The molecular weight excluding hydrogens is 564 g/mol. The number of alkyl halides is 1. The van der Waals surface area contributed by atoms with E-state index in [1.807, 2.05) is 0 Å². The van der Waals surface area contributed by atoms with Crippen molar-refractivity contribution in [2.75, 3.05) is 18.4 Å². The molecule has 0 saturated carbocycles. The van der Waals surface area contributed by atoms with Crippen LogP contribution in [0.2, 0.25) is 0 Å². The molecule has 0 saturated heterocycles. The van der Waals surface area contributed by atoms with Gasteiger partial charge in [0.25, 0.3) is 5.91 Å². The zero-order chi connectivity index (χ0) is 31.1. The normalized spacial score (nSPS) is 16.0. The number of carbonyl (C=O) groups excluding carboxylic acids is 5. The van der Waals surface area contributed by atoms with E-state index in [-0.39, 0.29) is 30.7 Å². The van der Waals surface area contributed by atoms with E-state index in [0.29, 0.717) is 43.8 Å². The summed E-state index contributed by atoms with van der Waals surface area (Å²) in [4.78, 5) is 62.9. The fourth-order valence-corrected chi connectivity index (χ4v) is 4.30. The van der Waals surface area contributed by atoms with E-state index in [0.717, 1.165) is 5.56 Å². The number of primary amides is 1. The first-order valence-electron chi connectivity index (χ1n) is 13.9. The van der Waals surface area contributed by atoms with Gasteiger partial charge in [0.2, 0.25) is 17.7 Å². The Morgan fingerprint density at radius 1 is 1.07 bits per heavy atom. The van der Waals surface area contributed by atoms with Gasteiger partial charge in [-0.3, -0.25) is 19.2 Å². The number of nitrogens with two attached hydrogens (primary N) is 1. The Morgan fingerprint density at radius 2 is 1.79 bits per heavy atom. The SMILES string of the molecule is CC(C)[C@H](NC(=O)CCCCCN1C(=O)C=CC1O)C(=O)NC(/C=C/CCNC(N)=O)C(=O)Nc1ccc(CCl)cc1. The number of hydrogen-bond acceptors (Lipinski definition) is 6. The number of carbonyl (C=O) groups is 5. The fourth-order valence-electron chi connectivity index (χ4n) is 4.12. The monoisotopic (exact) mass is 604 g/mol. The van der Waals surface area contributed by atoms with Gasteiger partial charge < -0.3 is 37.0 Å². The number of hydrogen-bond donors (Lipinski definition) is 6. The standard InChI is InChI=1S/C29H41ClN6O6/c1-19(2)26(35-23(37)9-4-3-7-17-36-24(38)14-15-25(36)39)28(41)34-22(8-5-6-16-32-29(31)42)27(40)33-21-12-10-20(18-30)11-13-21/h5,8,10-15,19,22,24,26,38H,3-4,6-7,9,16-18H2,1-2H3,(H,33,40)(H,34,41)(H,35,37)(H3,31,32,42)/b8-5+/t22?,24?,26-/m0/s1. The predicted molar refractivity (Wildman–Crippen MR) is 160 cm³/mol. The summed E-state index contributed by atoms with van der Waals surface area (Å²) in [5.74, 6) is -1.49. The maximum absolute atomic E-state index is 13.2. The van der Waals surface area contributed by atoms with Crippen LogP contribution in [0, 0.1) is 5.92 Å². The zero-order valence-electron chi connectivity index (χ0n) is 24.0. The minimum atomic E-state index is -1.06. The number of urea groups is 1. The van der Waals surface area contributed by atoms with Crippen LogP contribution < -0.4 is 27.0 Å². The number of benzene rings is 1. The summed E-state index contributed by atoms with van der Waals surface area (Å²) in [5.41, 5.74) is 6.48. The summed E-state index contributed by atoms with van der Waals surface area (Å²) in [5, 5.41) is 20.4. The molecule has 13 heteroatoms. The third kappa shape index (κ3) is 11.9. The van der Waals surface area contributed by atoms with Crippen molar-refractivity contribution in [1.82, 2.24) is 20.9 Å². The third-order valence-electron chi connectivity index (χ3n) is 6.48. The molecule has 0 radical (unpaired) electrons. The molecule has 7 N–H and O–H groups in total. The number of nitrogens with one attached hydrogen (secondary N) is 4. The van der Waals surface area contributed by atoms with Crippen molar-refractivity contribution < 1.29 is 29.1 Å². The lowest BCUT2D eigenvalue weighted by Gasteiger charge is -2.24. The van der Waals surface area contributed by atoms with Crippen molar-refractivity contribution in [3.63, 3.8) is 0 Å². The van der Waals surface area contributed by atoms with Crippen LogP contribution in [0.1, 0.15) is 51.5 Å². The molecule has 1 aromatic carbocycles. The Bertz CT molecular complexity index is 1140. The van der Waals surface area contributed by atoms with Crippen molar-refractivity contribution >= 4 is 46.9 Å². The summed E-state index contributed by atoms with van der Waals surface area (Å²) >= 11 is 5.83. The molecule has 1 aromatic rings. The summed E-state index contributed by atoms with van der Waals surface area (Å²) in [7, 11) is 0. The molecule has 1 aliphatic heterocycles. The number of aliphatic hydroxyl groups excluding tert-OH is 1. The Labute approximate surface area is 251 Å². The molecule has 6 amide bonds. The molecule has 2 unspecified atom stereocenters. The number of nitrogens with zero attached hydrogens (tertiary/aromatic N) is 1. The second-order valence-electron chi connectivity index (χ2n) is 10.2. The number of rotatable bonds is 17. The largest absolute Gasteiger partial charge is 0.370 e. The average molecular weight is 605 g/mol. The summed E-state index contributed by atoms with van der Waals surface area (Å²) < 4.78 is 0. The molecular formula is C29H41ClN6O6. The molecule has 42 heavy (non-hydrogen) atoms. The molecule has 0 bridgehead atoms. The van der Waals surface area contributed by atoms with E-state index in [9.17, 15) is 29.1 Å². The predicted octanol–water partition coefficient (Wildman–Crippen LogP) is 1.88. The summed E-state index contributed by atoms with van der Waals surface area (Å²) in [6, 6.07) is 4.35. The van der Waals surface area contributed by atoms with Gasteiger partial charge in [0.15, 0.2) is 0 Å². The minimum Gasteiger partial charge on any atom is -0.370 e. The van der Waals surface area contributed by atoms with Gasteiger partial charge in [-0.15, -0.1) is 11.6 Å². The molecule has 1 heterocycles. The lowest BCUT2D eigenvalue weighted by atomic mass is 10.0. The van der Waals surface area contributed by atoms with Crippen LogP contribution in [0.25, 0.3) is 0 Å². The van der Waals surface area contributed by atoms with Gasteiger partial charge in [0, 0.05) is 37.2 Å². The molecule has 0 spiro atoms. The highest BCUT2D eigenvalue weighted by Gasteiger charge is 2.28. The number of aliphatic hydroxyl groups is 1. The van der Waals surface area contributed by atoms with Crippen molar-refractivity contribution in [3.8, 4) is 0 Å². The summed E-state index contributed by atoms with van der Waals surface area (Å²) in [6.07, 6.45) is 7.39. The Hall–Kier alpha value is -3.90. The molecule has 2 rings (SSSR count). The van der Waals surface area contributed by atoms with E-state index in [2.05, 4.69) is 21.3 Å². The third-order valence-corrected chi connectivity index (χ3v) is 6.79. The van der Waals surface area contributed by atoms with Crippen molar-refractivity contribution in [2.24, 2.45) is 11.7 Å². The minimum absolute atomic E-state index is 0.181. The van der Waals surface area contributed by atoms with Gasteiger partial charge in [0.05, 0.1) is 0 Å². The van der Waals surface area contributed by atoms with E-state index < -0.39 is 36.2 Å². The molecule has 0 aliphatic carbocycles. The van der Waals surface area contributed by atoms with Crippen LogP contribution in [-0.4, -0.2) is 71.1 Å². The molecule has 0 aromatic heterocycles. The first kappa shape index (κ1) is 34.3. The Balaban J connectivity index is 1.95. The van der Waals surface area contributed by atoms with Crippen molar-refractivity contribution in [1.29, 1.82) is 0 Å². The highest BCUT2D eigenvalue weighted by atomic mass is 35.5. The van der Waals surface area contributed by atoms with E-state index in [1.54, 1.807) is 44.2 Å². The number of halogens is 1.